The summed E-state index contributed by atoms with van der Waals surface area (Å²) in [6, 6.07) is 5.89. The summed E-state index contributed by atoms with van der Waals surface area (Å²) >= 11 is 0. The number of nitrogens with two attached hydrogens (primary N) is 1. The molecule has 0 saturated heterocycles. The first-order valence-electron chi connectivity index (χ1n) is 6.20. The van der Waals surface area contributed by atoms with Crippen molar-refractivity contribution in [3.05, 3.63) is 23.8 Å². The van der Waals surface area contributed by atoms with Gasteiger partial charge in [0.1, 0.15) is 17.1 Å². The number of ether oxygens (including phenoxy) is 2. The smallest absolute Gasteiger partial charge is 0.125 e. The molecule has 0 radical (unpaired) electrons. The lowest BCUT2D eigenvalue weighted by atomic mass is 9.86. The standard InChI is InChI=1S/C14H21NO2/c1-4-7-14(2)9-12(15)11-8-10(16-3)5-6-13(11)17-14/h5-6,8,12H,4,7,9,15H2,1-3H3/t12-,14?/m0/s1. The van der Waals surface area contributed by atoms with Gasteiger partial charge < -0.3 is 15.2 Å². The fourth-order valence-corrected chi connectivity index (χ4v) is 2.60. The van der Waals surface area contributed by atoms with Crippen molar-refractivity contribution in [1.29, 1.82) is 0 Å². The highest BCUT2D eigenvalue weighted by molar-refractivity contribution is 5.44. The molecular formula is C14H21NO2. The first-order chi connectivity index (χ1) is 8.08. The van der Waals surface area contributed by atoms with Crippen molar-refractivity contribution in [2.24, 2.45) is 5.73 Å². The molecule has 1 aliphatic heterocycles. The number of hydrogen-bond donors (Lipinski definition) is 1. The molecule has 0 amide bonds. The largest absolute Gasteiger partial charge is 0.497 e. The Hall–Kier alpha value is -1.22. The maximum absolute atomic E-state index is 6.24. The van der Waals surface area contributed by atoms with Crippen LogP contribution in [0.5, 0.6) is 11.5 Å². The molecule has 0 spiro atoms. The summed E-state index contributed by atoms with van der Waals surface area (Å²) in [6.07, 6.45) is 3.00. The lowest BCUT2D eigenvalue weighted by Gasteiger charge is -2.38. The van der Waals surface area contributed by atoms with E-state index >= 15 is 0 Å². The van der Waals surface area contributed by atoms with Crippen molar-refractivity contribution in [3.63, 3.8) is 0 Å². The van der Waals surface area contributed by atoms with Crippen LogP contribution in [0, 0.1) is 0 Å². The average Bonchev–Trinajstić information content (AvgIpc) is 2.28. The fraction of sp³-hybridized carbons (Fsp3) is 0.571. The lowest BCUT2D eigenvalue weighted by molar-refractivity contribution is 0.0447. The van der Waals surface area contributed by atoms with Crippen LogP contribution in [0.25, 0.3) is 0 Å². The van der Waals surface area contributed by atoms with Crippen LogP contribution in [-0.4, -0.2) is 12.7 Å². The van der Waals surface area contributed by atoms with Gasteiger partial charge in [-0.3, -0.25) is 0 Å². The molecule has 3 nitrogen and oxygen atoms in total. The van der Waals surface area contributed by atoms with Gasteiger partial charge in [-0.1, -0.05) is 13.3 Å². The minimum absolute atomic E-state index is 0.0328. The van der Waals surface area contributed by atoms with E-state index in [1.807, 2.05) is 18.2 Å². The Morgan fingerprint density at radius 1 is 1.53 bits per heavy atom. The minimum atomic E-state index is -0.129. The number of rotatable bonds is 3. The quantitative estimate of drug-likeness (QED) is 0.875. The highest BCUT2D eigenvalue weighted by Gasteiger charge is 2.35. The molecule has 0 bridgehead atoms. The van der Waals surface area contributed by atoms with Crippen molar-refractivity contribution in [1.82, 2.24) is 0 Å². The third-order valence-corrected chi connectivity index (χ3v) is 3.40. The van der Waals surface area contributed by atoms with Crippen LogP contribution in [0.1, 0.15) is 44.7 Å². The first-order valence-corrected chi connectivity index (χ1v) is 6.20. The SMILES string of the molecule is CCCC1(C)C[C@H](N)c2cc(OC)ccc2O1. The van der Waals surface area contributed by atoms with Crippen LogP contribution in [0.4, 0.5) is 0 Å². The topological polar surface area (TPSA) is 44.5 Å². The van der Waals surface area contributed by atoms with Gasteiger partial charge in [-0.05, 0) is 31.5 Å². The van der Waals surface area contributed by atoms with E-state index in [0.29, 0.717) is 0 Å². The highest BCUT2D eigenvalue weighted by atomic mass is 16.5. The predicted octanol–water partition coefficient (Wildman–Crippen LogP) is 3.04. The first kappa shape index (κ1) is 12.2. The van der Waals surface area contributed by atoms with Gasteiger partial charge in [0.15, 0.2) is 0 Å². The van der Waals surface area contributed by atoms with E-state index in [-0.39, 0.29) is 11.6 Å². The highest BCUT2D eigenvalue weighted by Crippen LogP contribution is 2.41. The van der Waals surface area contributed by atoms with E-state index in [2.05, 4.69) is 13.8 Å². The molecule has 2 N–H and O–H groups in total. The second kappa shape index (κ2) is 4.57. The molecule has 0 aliphatic carbocycles. The van der Waals surface area contributed by atoms with Gasteiger partial charge in [0.25, 0.3) is 0 Å². The van der Waals surface area contributed by atoms with Crippen LogP contribution in [0.3, 0.4) is 0 Å². The van der Waals surface area contributed by atoms with Crippen molar-refractivity contribution >= 4 is 0 Å². The number of hydrogen-bond acceptors (Lipinski definition) is 3. The summed E-state index contributed by atoms with van der Waals surface area (Å²) in [7, 11) is 1.66. The molecule has 17 heavy (non-hydrogen) atoms. The van der Waals surface area contributed by atoms with Crippen LogP contribution in [-0.2, 0) is 0 Å². The molecule has 2 rings (SSSR count). The molecule has 2 atom stereocenters. The lowest BCUT2D eigenvalue weighted by Crippen LogP contribution is -2.40. The Morgan fingerprint density at radius 2 is 2.29 bits per heavy atom. The second-order valence-corrected chi connectivity index (χ2v) is 5.02. The van der Waals surface area contributed by atoms with Gasteiger partial charge in [-0.25, -0.2) is 0 Å². The van der Waals surface area contributed by atoms with Crippen LogP contribution < -0.4 is 15.2 Å². The summed E-state index contributed by atoms with van der Waals surface area (Å²) in [4.78, 5) is 0. The second-order valence-electron chi connectivity index (χ2n) is 5.02. The van der Waals surface area contributed by atoms with Crippen LogP contribution in [0.15, 0.2) is 18.2 Å². The molecule has 0 aromatic heterocycles. The number of benzene rings is 1. The van der Waals surface area contributed by atoms with Crippen molar-refractivity contribution in [2.75, 3.05) is 7.11 Å². The third-order valence-electron chi connectivity index (χ3n) is 3.40. The fourth-order valence-electron chi connectivity index (χ4n) is 2.60. The van der Waals surface area contributed by atoms with E-state index in [0.717, 1.165) is 36.3 Å². The van der Waals surface area contributed by atoms with Gasteiger partial charge in [-0.15, -0.1) is 0 Å². The van der Waals surface area contributed by atoms with E-state index in [1.54, 1.807) is 7.11 Å². The van der Waals surface area contributed by atoms with Crippen molar-refractivity contribution < 1.29 is 9.47 Å². The van der Waals surface area contributed by atoms with Crippen LogP contribution >= 0.6 is 0 Å². The number of methoxy groups -OCH3 is 1. The molecule has 1 aromatic carbocycles. The number of fused-ring (bicyclic) bond motifs is 1. The molecule has 1 heterocycles. The zero-order valence-corrected chi connectivity index (χ0v) is 10.8. The summed E-state index contributed by atoms with van der Waals surface area (Å²) < 4.78 is 11.3. The molecule has 1 unspecified atom stereocenters. The summed E-state index contributed by atoms with van der Waals surface area (Å²) in [5.41, 5.74) is 7.16. The maximum atomic E-state index is 6.24. The van der Waals surface area contributed by atoms with E-state index < -0.39 is 0 Å². The Morgan fingerprint density at radius 3 is 2.94 bits per heavy atom. The van der Waals surface area contributed by atoms with Gasteiger partial charge in [-0.2, -0.15) is 0 Å². The van der Waals surface area contributed by atoms with Crippen molar-refractivity contribution in [2.45, 2.75) is 44.8 Å². The maximum Gasteiger partial charge on any atom is 0.125 e. The zero-order chi connectivity index (χ0) is 12.5. The molecule has 1 aliphatic rings. The Balaban J connectivity index is 2.31. The normalized spacial score (nSPS) is 27.2. The van der Waals surface area contributed by atoms with E-state index in [9.17, 15) is 0 Å². The predicted molar refractivity (Wildman–Crippen MR) is 68.5 cm³/mol. The van der Waals surface area contributed by atoms with E-state index in [1.165, 1.54) is 0 Å². The minimum Gasteiger partial charge on any atom is -0.497 e. The van der Waals surface area contributed by atoms with Gasteiger partial charge in [0.2, 0.25) is 0 Å². The Bertz CT molecular complexity index is 405. The molecule has 3 heteroatoms. The zero-order valence-electron chi connectivity index (χ0n) is 10.8. The van der Waals surface area contributed by atoms with Crippen LogP contribution in [0.2, 0.25) is 0 Å². The Labute approximate surface area is 103 Å². The summed E-state index contributed by atoms with van der Waals surface area (Å²) in [5.74, 6) is 1.74. The monoisotopic (exact) mass is 235 g/mol. The molecular weight excluding hydrogens is 214 g/mol. The molecule has 0 saturated carbocycles. The summed E-state index contributed by atoms with van der Waals surface area (Å²) in [6.45, 7) is 4.31. The average molecular weight is 235 g/mol. The molecule has 0 fully saturated rings. The molecule has 1 aromatic rings. The third kappa shape index (κ3) is 2.39. The van der Waals surface area contributed by atoms with Gasteiger partial charge in [0.05, 0.1) is 7.11 Å². The Kier molecular flexibility index (Phi) is 3.29. The van der Waals surface area contributed by atoms with Gasteiger partial charge in [0, 0.05) is 18.0 Å². The summed E-state index contributed by atoms with van der Waals surface area (Å²) in [5, 5.41) is 0. The van der Waals surface area contributed by atoms with E-state index in [4.69, 9.17) is 15.2 Å². The molecule has 94 valence electrons. The van der Waals surface area contributed by atoms with Crippen molar-refractivity contribution in [3.8, 4) is 11.5 Å². The van der Waals surface area contributed by atoms with Gasteiger partial charge >= 0.3 is 0 Å².